The number of nitrogens with one attached hydrogen (secondary N) is 3. The Hall–Kier alpha value is -3.81. The first-order valence-corrected chi connectivity index (χ1v) is 8.63. The number of urea groups is 1. The molecule has 1 heterocycles. The lowest BCUT2D eigenvalue weighted by atomic mass is 10.2. The topological polar surface area (TPSA) is 91.4 Å². The van der Waals surface area contributed by atoms with Gasteiger partial charge in [-0.15, -0.1) is 5.10 Å². The number of nitrogens with zero attached hydrogens (tertiary/aromatic N) is 3. The molecule has 0 aliphatic heterocycles. The number of carbonyl (C=O) groups is 1. The molecule has 144 valence electrons. The summed E-state index contributed by atoms with van der Waals surface area (Å²) in [7, 11) is 5.47. The van der Waals surface area contributed by atoms with Crippen LogP contribution in [0.25, 0.3) is 0 Å². The summed E-state index contributed by atoms with van der Waals surface area (Å²) >= 11 is 0. The molecule has 8 nitrogen and oxygen atoms in total. The van der Waals surface area contributed by atoms with Gasteiger partial charge in [-0.3, -0.25) is 0 Å². The first-order chi connectivity index (χ1) is 13.5. The van der Waals surface area contributed by atoms with Gasteiger partial charge >= 0.3 is 6.03 Å². The van der Waals surface area contributed by atoms with Gasteiger partial charge in [-0.2, -0.15) is 5.10 Å². The van der Waals surface area contributed by atoms with Gasteiger partial charge in [-0.05, 0) is 36.4 Å². The first-order valence-electron chi connectivity index (χ1n) is 8.63. The summed E-state index contributed by atoms with van der Waals surface area (Å²) in [5.74, 6) is 1.32. The molecule has 2 amide bonds. The fourth-order valence-corrected chi connectivity index (χ4v) is 2.44. The van der Waals surface area contributed by atoms with Crippen LogP contribution < -0.4 is 25.6 Å². The molecule has 8 heteroatoms. The number of anilines is 5. The predicted octanol–water partition coefficient (Wildman–Crippen LogP) is 3.94. The second-order valence-corrected chi connectivity index (χ2v) is 6.21. The second-order valence-electron chi connectivity index (χ2n) is 6.21. The van der Waals surface area contributed by atoms with E-state index in [0.717, 1.165) is 11.4 Å². The lowest BCUT2D eigenvalue weighted by Crippen LogP contribution is -2.19. The largest absolute Gasteiger partial charge is 0.497 e. The van der Waals surface area contributed by atoms with Crippen LogP contribution in [-0.4, -0.2) is 37.4 Å². The van der Waals surface area contributed by atoms with Crippen LogP contribution in [0.4, 0.5) is 33.4 Å². The molecule has 0 fully saturated rings. The molecule has 3 aromatic rings. The molecular weight excluding hydrogens is 356 g/mol. The zero-order chi connectivity index (χ0) is 19.9. The van der Waals surface area contributed by atoms with Gasteiger partial charge in [0.1, 0.15) is 5.75 Å². The van der Waals surface area contributed by atoms with Crippen molar-refractivity contribution in [2.45, 2.75) is 0 Å². The standard InChI is InChI=1S/C20H22N6O2/c1-26(2)17-12-19(25-21-13-17)22-14-7-9-15(10-8-14)23-20(27)24-16-5-4-6-18(11-16)28-3/h4-13H,1-3H3,(H,22,25)(H2,23,24,27). The first kappa shape index (κ1) is 19.0. The van der Waals surface area contributed by atoms with Crippen LogP contribution >= 0.6 is 0 Å². The third kappa shape index (κ3) is 5.10. The molecule has 0 bridgehead atoms. The summed E-state index contributed by atoms with van der Waals surface area (Å²) in [6.07, 6.45) is 1.69. The van der Waals surface area contributed by atoms with Crippen LogP contribution in [0.2, 0.25) is 0 Å². The highest BCUT2D eigenvalue weighted by Gasteiger charge is 2.05. The third-order valence-corrected chi connectivity index (χ3v) is 3.90. The van der Waals surface area contributed by atoms with Crippen LogP contribution in [0.1, 0.15) is 0 Å². The summed E-state index contributed by atoms with van der Waals surface area (Å²) in [6.45, 7) is 0. The molecule has 3 rings (SSSR count). The molecule has 0 saturated heterocycles. The van der Waals surface area contributed by atoms with E-state index in [1.165, 1.54) is 0 Å². The maximum atomic E-state index is 12.2. The van der Waals surface area contributed by atoms with Crippen molar-refractivity contribution in [1.82, 2.24) is 10.2 Å². The highest BCUT2D eigenvalue weighted by Crippen LogP contribution is 2.21. The Labute approximate surface area is 163 Å². The van der Waals surface area contributed by atoms with Crippen LogP contribution in [0.15, 0.2) is 60.8 Å². The Morgan fingerprint density at radius 3 is 2.39 bits per heavy atom. The predicted molar refractivity (Wildman–Crippen MR) is 112 cm³/mol. The molecule has 2 aromatic carbocycles. The van der Waals surface area contributed by atoms with Gasteiger partial charge in [0, 0.05) is 43.3 Å². The average molecular weight is 378 g/mol. The Morgan fingerprint density at radius 2 is 1.68 bits per heavy atom. The fraction of sp³-hybridized carbons (Fsp3) is 0.150. The van der Waals surface area contributed by atoms with Crippen LogP contribution in [0.3, 0.4) is 0 Å². The Bertz CT molecular complexity index is 943. The molecule has 0 aliphatic rings. The van der Waals surface area contributed by atoms with Gasteiger partial charge in [-0.1, -0.05) is 6.07 Å². The number of amides is 2. The maximum absolute atomic E-state index is 12.2. The van der Waals surface area contributed by atoms with E-state index in [0.29, 0.717) is 22.9 Å². The van der Waals surface area contributed by atoms with Gasteiger partial charge in [0.2, 0.25) is 0 Å². The minimum absolute atomic E-state index is 0.335. The van der Waals surface area contributed by atoms with Crippen molar-refractivity contribution in [2.24, 2.45) is 0 Å². The van der Waals surface area contributed by atoms with E-state index < -0.39 is 0 Å². The van der Waals surface area contributed by atoms with E-state index in [9.17, 15) is 4.79 Å². The van der Waals surface area contributed by atoms with Crippen molar-refractivity contribution in [3.8, 4) is 5.75 Å². The molecule has 0 unspecified atom stereocenters. The van der Waals surface area contributed by atoms with E-state index in [2.05, 4.69) is 26.1 Å². The zero-order valence-electron chi connectivity index (χ0n) is 15.9. The maximum Gasteiger partial charge on any atom is 0.323 e. The molecule has 3 N–H and O–H groups in total. The normalized spacial score (nSPS) is 10.1. The number of aromatic nitrogens is 2. The van der Waals surface area contributed by atoms with Gasteiger partial charge in [0.05, 0.1) is 19.0 Å². The third-order valence-electron chi connectivity index (χ3n) is 3.90. The molecule has 0 saturated carbocycles. The van der Waals surface area contributed by atoms with Gasteiger partial charge in [0.25, 0.3) is 0 Å². The fourth-order valence-electron chi connectivity index (χ4n) is 2.44. The summed E-state index contributed by atoms with van der Waals surface area (Å²) in [5.41, 5.74) is 3.10. The molecule has 1 aromatic heterocycles. The van der Waals surface area contributed by atoms with E-state index in [-0.39, 0.29) is 6.03 Å². The minimum atomic E-state index is -0.335. The van der Waals surface area contributed by atoms with Crippen molar-refractivity contribution in [3.05, 3.63) is 60.8 Å². The SMILES string of the molecule is COc1cccc(NC(=O)Nc2ccc(Nc3cc(N(C)C)cnn3)cc2)c1. The van der Waals surface area contributed by atoms with E-state index >= 15 is 0 Å². The Balaban J connectivity index is 1.59. The van der Waals surface area contributed by atoms with Crippen LogP contribution in [0, 0.1) is 0 Å². The molecule has 0 atom stereocenters. The van der Waals surface area contributed by atoms with E-state index in [1.807, 2.05) is 49.3 Å². The molecule has 28 heavy (non-hydrogen) atoms. The number of methoxy groups -OCH3 is 1. The van der Waals surface area contributed by atoms with Gasteiger partial charge in [0.15, 0.2) is 5.82 Å². The lowest BCUT2D eigenvalue weighted by Gasteiger charge is -2.13. The van der Waals surface area contributed by atoms with Crippen LogP contribution in [0.5, 0.6) is 5.75 Å². The lowest BCUT2D eigenvalue weighted by molar-refractivity contribution is 0.262. The smallest absolute Gasteiger partial charge is 0.323 e. The van der Waals surface area contributed by atoms with Gasteiger partial charge < -0.3 is 25.6 Å². The van der Waals surface area contributed by atoms with E-state index in [4.69, 9.17) is 4.74 Å². The quantitative estimate of drug-likeness (QED) is 0.602. The number of rotatable bonds is 6. The van der Waals surface area contributed by atoms with Crippen molar-refractivity contribution < 1.29 is 9.53 Å². The molecular formula is C20H22N6O2. The highest BCUT2D eigenvalue weighted by atomic mass is 16.5. The number of carbonyl (C=O) groups excluding carboxylic acids is 1. The summed E-state index contributed by atoms with van der Waals surface area (Å²) in [4.78, 5) is 14.1. The van der Waals surface area contributed by atoms with E-state index in [1.54, 1.807) is 37.6 Å². The monoisotopic (exact) mass is 378 g/mol. The number of benzene rings is 2. The molecule has 0 radical (unpaired) electrons. The van der Waals surface area contributed by atoms with Gasteiger partial charge in [-0.25, -0.2) is 4.79 Å². The minimum Gasteiger partial charge on any atom is -0.497 e. The molecule has 0 spiro atoms. The molecule has 0 aliphatic carbocycles. The summed E-state index contributed by atoms with van der Waals surface area (Å²) in [6, 6.07) is 16.0. The average Bonchev–Trinajstić information content (AvgIpc) is 2.70. The number of hydrogen-bond donors (Lipinski definition) is 3. The number of hydrogen-bond acceptors (Lipinski definition) is 6. The van der Waals surface area contributed by atoms with Crippen molar-refractivity contribution in [3.63, 3.8) is 0 Å². The van der Waals surface area contributed by atoms with Crippen molar-refractivity contribution >= 4 is 34.6 Å². The van der Waals surface area contributed by atoms with Crippen molar-refractivity contribution in [1.29, 1.82) is 0 Å². The second kappa shape index (κ2) is 8.72. The Kier molecular flexibility index (Phi) is 5.91. The summed E-state index contributed by atoms with van der Waals surface area (Å²) < 4.78 is 5.15. The Morgan fingerprint density at radius 1 is 0.964 bits per heavy atom. The highest BCUT2D eigenvalue weighted by molar-refractivity contribution is 5.99. The summed E-state index contributed by atoms with van der Waals surface area (Å²) in [5, 5.41) is 16.8. The number of ether oxygens (including phenoxy) is 1. The zero-order valence-corrected chi connectivity index (χ0v) is 15.9. The van der Waals surface area contributed by atoms with Crippen molar-refractivity contribution in [2.75, 3.05) is 42.1 Å². The van der Waals surface area contributed by atoms with Crippen LogP contribution in [-0.2, 0) is 0 Å².